The minimum atomic E-state index is 0.244. The summed E-state index contributed by atoms with van der Waals surface area (Å²) in [5, 5.41) is 0.244. The smallest absolute Gasteiger partial charge is 0.233 e. The summed E-state index contributed by atoms with van der Waals surface area (Å²) in [5.41, 5.74) is 1.27. The molecule has 1 aromatic carbocycles. The molecular formula is C14H17NOS2. The van der Waals surface area contributed by atoms with Crippen LogP contribution in [0.4, 0.5) is 0 Å². The molecule has 1 heterocycles. The van der Waals surface area contributed by atoms with E-state index >= 15 is 0 Å². The van der Waals surface area contributed by atoms with E-state index < -0.39 is 0 Å². The van der Waals surface area contributed by atoms with Gasteiger partial charge in [-0.2, -0.15) is 0 Å². The summed E-state index contributed by atoms with van der Waals surface area (Å²) in [6.45, 7) is 0.959. The van der Waals surface area contributed by atoms with Gasteiger partial charge in [-0.25, -0.2) is 0 Å². The maximum Gasteiger partial charge on any atom is 0.233 e. The van der Waals surface area contributed by atoms with E-state index in [1.807, 2.05) is 0 Å². The van der Waals surface area contributed by atoms with Crippen molar-refractivity contribution in [1.82, 2.24) is 4.90 Å². The maximum absolute atomic E-state index is 11.9. The van der Waals surface area contributed by atoms with Gasteiger partial charge in [-0.05, 0) is 42.7 Å². The van der Waals surface area contributed by atoms with Gasteiger partial charge < -0.3 is 4.90 Å². The highest BCUT2D eigenvalue weighted by atomic mass is 32.2. The Morgan fingerprint density at radius 2 is 2.06 bits per heavy atom. The van der Waals surface area contributed by atoms with Crippen LogP contribution in [0.15, 0.2) is 29.2 Å². The van der Waals surface area contributed by atoms with Crippen LogP contribution in [0, 0.1) is 5.92 Å². The third-order valence-corrected chi connectivity index (χ3v) is 5.52. The molecule has 1 unspecified atom stereocenters. The van der Waals surface area contributed by atoms with Crippen molar-refractivity contribution >= 4 is 29.4 Å². The van der Waals surface area contributed by atoms with E-state index in [2.05, 4.69) is 35.4 Å². The zero-order valence-electron chi connectivity index (χ0n) is 10.5. The predicted octanol–water partition coefficient (Wildman–Crippen LogP) is 3.39. The van der Waals surface area contributed by atoms with E-state index in [0.717, 1.165) is 12.5 Å². The van der Waals surface area contributed by atoms with Crippen LogP contribution in [0.5, 0.6) is 0 Å². The van der Waals surface area contributed by atoms with Gasteiger partial charge in [-0.15, -0.1) is 23.5 Å². The molecule has 1 saturated heterocycles. The van der Waals surface area contributed by atoms with Gasteiger partial charge >= 0.3 is 0 Å². The van der Waals surface area contributed by atoms with E-state index in [1.54, 1.807) is 23.5 Å². The summed E-state index contributed by atoms with van der Waals surface area (Å²) >= 11 is 3.52. The fourth-order valence-corrected chi connectivity index (χ4v) is 3.88. The first-order valence-electron chi connectivity index (χ1n) is 6.33. The van der Waals surface area contributed by atoms with E-state index in [9.17, 15) is 4.79 Å². The minimum Gasteiger partial charge on any atom is -0.326 e. The second-order valence-electron chi connectivity index (χ2n) is 4.93. The van der Waals surface area contributed by atoms with Crippen LogP contribution < -0.4 is 0 Å². The van der Waals surface area contributed by atoms with Crippen molar-refractivity contribution in [3.8, 4) is 0 Å². The molecule has 0 aromatic heterocycles. The van der Waals surface area contributed by atoms with Crippen molar-refractivity contribution in [3.05, 3.63) is 29.8 Å². The Morgan fingerprint density at radius 1 is 1.33 bits per heavy atom. The highest BCUT2D eigenvalue weighted by molar-refractivity contribution is 8.00. The molecular weight excluding hydrogens is 262 g/mol. The number of hydrogen-bond donors (Lipinski definition) is 0. The summed E-state index contributed by atoms with van der Waals surface area (Å²) in [5.74, 6) is 1.72. The molecule has 1 saturated carbocycles. The van der Waals surface area contributed by atoms with Gasteiger partial charge in [0.2, 0.25) is 5.91 Å². The fourth-order valence-electron chi connectivity index (χ4n) is 2.27. The fraction of sp³-hybridized carbons (Fsp3) is 0.500. The predicted molar refractivity (Wildman–Crippen MR) is 77.9 cm³/mol. The Bertz CT molecular complexity index is 442. The second-order valence-corrected chi connectivity index (χ2v) is 6.87. The summed E-state index contributed by atoms with van der Waals surface area (Å²) in [4.78, 5) is 15.3. The van der Waals surface area contributed by atoms with Crippen molar-refractivity contribution in [3.63, 3.8) is 0 Å². The third-order valence-electron chi connectivity index (χ3n) is 3.52. The molecule has 1 aromatic rings. The Morgan fingerprint density at radius 3 is 2.67 bits per heavy atom. The molecule has 0 spiro atoms. The molecule has 0 bridgehead atoms. The monoisotopic (exact) mass is 279 g/mol. The molecule has 1 amide bonds. The Balaban J connectivity index is 1.77. The molecule has 0 N–H and O–H groups in total. The van der Waals surface area contributed by atoms with Crippen molar-refractivity contribution in [1.29, 1.82) is 0 Å². The van der Waals surface area contributed by atoms with Gasteiger partial charge in [0.15, 0.2) is 0 Å². The van der Waals surface area contributed by atoms with E-state index in [0.29, 0.717) is 11.7 Å². The lowest BCUT2D eigenvalue weighted by molar-refractivity contribution is -0.128. The third kappa shape index (κ3) is 2.54. The Labute approximate surface area is 117 Å². The van der Waals surface area contributed by atoms with Gasteiger partial charge in [-0.1, -0.05) is 12.1 Å². The lowest BCUT2D eigenvalue weighted by Crippen LogP contribution is -2.30. The normalized spacial score (nSPS) is 23.7. The standard InChI is InChI=1S/C14H17NOS2/c1-17-12-6-4-11(5-7-12)14-15(8-10-2-3-10)13(16)9-18-14/h4-7,10,14H,2-3,8-9H2,1H3. The molecule has 96 valence electrons. The highest BCUT2D eigenvalue weighted by Crippen LogP contribution is 2.42. The molecule has 1 aliphatic heterocycles. The lowest BCUT2D eigenvalue weighted by atomic mass is 10.2. The number of amides is 1. The summed E-state index contributed by atoms with van der Waals surface area (Å²) in [7, 11) is 0. The largest absolute Gasteiger partial charge is 0.326 e. The second kappa shape index (κ2) is 5.17. The van der Waals surface area contributed by atoms with Crippen LogP contribution in [-0.4, -0.2) is 29.4 Å². The number of nitrogens with zero attached hydrogens (tertiary/aromatic N) is 1. The Kier molecular flexibility index (Phi) is 3.57. The average molecular weight is 279 g/mol. The minimum absolute atomic E-state index is 0.244. The highest BCUT2D eigenvalue weighted by Gasteiger charge is 2.36. The van der Waals surface area contributed by atoms with Gasteiger partial charge in [0.1, 0.15) is 5.37 Å². The van der Waals surface area contributed by atoms with Crippen LogP contribution in [-0.2, 0) is 4.79 Å². The first kappa shape index (κ1) is 12.4. The molecule has 2 aliphatic rings. The first-order valence-corrected chi connectivity index (χ1v) is 8.60. The van der Waals surface area contributed by atoms with Gasteiger partial charge in [0.25, 0.3) is 0 Å². The van der Waals surface area contributed by atoms with Crippen LogP contribution >= 0.6 is 23.5 Å². The molecule has 4 heteroatoms. The van der Waals surface area contributed by atoms with E-state index in [1.165, 1.54) is 23.3 Å². The van der Waals surface area contributed by atoms with Crippen LogP contribution in [0.3, 0.4) is 0 Å². The van der Waals surface area contributed by atoms with Crippen molar-refractivity contribution < 1.29 is 4.79 Å². The van der Waals surface area contributed by atoms with Crippen molar-refractivity contribution in [2.75, 3.05) is 18.6 Å². The number of thioether (sulfide) groups is 2. The lowest BCUT2D eigenvalue weighted by Gasteiger charge is -2.24. The van der Waals surface area contributed by atoms with E-state index in [4.69, 9.17) is 0 Å². The Hall–Kier alpha value is -0.610. The van der Waals surface area contributed by atoms with Crippen LogP contribution in [0.25, 0.3) is 0 Å². The molecule has 3 rings (SSSR count). The molecule has 2 nitrogen and oxygen atoms in total. The van der Waals surface area contributed by atoms with Crippen molar-refractivity contribution in [2.24, 2.45) is 5.92 Å². The number of hydrogen-bond acceptors (Lipinski definition) is 3. The number of carbonyl (C=O) groups excluding carboxylic acids is 1. The zero-order chi connectivity index (χ0) is 12.5. The molecule has 1 atom stereocenters. The van der Waals surface area contributed by atoms with E-state index in [-0.39, 0.29) is 5.37 Å². The van der Waals surface area contributed by atoms with Crippen LogP contribution in [0.1, 0.15) is 23.8 Å². The topological polar surface area (TPSA) is 20.3 Å². The molecule has 2 fully saturated rings. The number of carbonyl (C=O) groups is 1. The van der Waals surface area contributed by atoms with Crippen LogP contribution in [0.2, 0.25) is 0 Å². The summed E-state index contributed by atoms with van der Waals surface area (Å²) in [6.07, 6.45) is 4.68. The van der Waals surface area contributed by atoms with Gasteiger partial charge in [0.05, 0.1) is 5.75 Å². The maximum atomic E-state index is 11.9. The summed E-state index contributed by atoms with van der Waals surface area (Å²) in [6, 6.07) is 8.64. The molecule has 18 heavy (non-hydrogen) atoms. The number of rotatable bonds is 4. The van der Waals surface area contributed by atoms with Gasteiger partial charge in [0, 0.05) is 11.4 Å². The quantitative estimate of drug-likeness (QED) is 0.788. The first-order chi connectivity index (χ1) is 8.78. The zero-order valence-corrected chi connectivity index (χ0v) is 12.1. The van der Waals surface area contributed by atoms with Crippen molar-refractivity contribution in [2.45, 2.75) is 23.1 Å². The van der Waals surface area contributed by atoms with Gasteiger partial charge in [-0.3, -0.25) is 4.79 Å². The number of benzene rings is 1. The summed E-state index contributed by atoms with van der Waals surface area (Å²) < 4.78 is 0. The average Bonchev–Trinajstić information content (AvgIpc) is 3.15. The molecule has 1 aliphatic carbocycles. The SMILES string of the molecule is CSc1ccc(C2SCC(=O)N2CC2CC2)cc1. The molecule has 0 radical (unpaired) electrons.